The zero-order valence-corrected chi connectivity index (χ0v) is 10.1. The Morgan fingerprint density at radius 2 is 2.33 bits per heavy atom. The standard InChI is InChI=1S/C11H9N3O3S/c15-10(16-11-12-5-6-13-11)9-7-3-1-2-4-8(7)17-18-14-9/h1-4H,5-6H2,(H,12,13). The minimum absolute atomic E-state index is 0.234. The number of aliphatic imine (C=N–C) groups is 1. The van der Waals surface area contributed by atoms with E-state index in [2.05, 4.69) is 14.7 Å². The molecule has 0 spiro atoms. The van der Waals surface area contributed by atoms with Gasteiger partial charge in [-0.15, -0.1) is 0 Å². The lowest BCUT2D eigenvalue weighted by molar-refractivity contribution is -0.128. The molecule has 92 valence electrons. The zero-order chi connectivity index (χ0) is 12.4. The summed E-state index contributed by atoms with van der Waals surface area (Å²) in [7, 11) is 0. The van der Waals surface area contributed by atoms with Gasteiger partial charge < -0.3 is 14.2 Å². The first-order valence-corrected chi connectivity index (χ1v) is 6.06. The number of rotatable bonds is 1. The summed E-state index contributed by atoms with van der Waals surface area (Å²) >= 11 is 0.859. The van der Waals surface area contributed by atoms with E-state index in [9.17, 15) is 4.79 Å². The van der Waals surface area contributed by atoms with Crippen LogP contribution in [0.25, 0.3) is 0 Å². The molecule has 0 bridgehead atoms. The van der Waals surface area contributed by atoms with Crippen LogP contribution in [0.4, 0.5) is 0 Å². The largest absolute Gasteiger partial charge is 0.403 e. The molecular weight excluding hydrogens is 254 g/mol. The van der Waals surface area contributed by atoms with Crippen molar-refractivity contribution in [1.29, 1.82) is 0 Å². The fraction of sp³-hybridized carbons (Fsp3) is 0.182. The van der Waals surface area contributed by atoms with Crippen LogP contribution in [0.15, 0.2) is 33.7 Å². The van der Waals surface area contributed by atoms with Crippen LogP contribution in [0.5, 0.6) is 5.75 Å². The van der Waals surface area contributed by atoms with Gasteiger partial charge in [-0.1, -0.05) is 12.1 Å². The van der Waals surface area contributed by atoms with E-state index in [1.807, 2.05) is 12.1 Å². The lowest BCUT2D eigenvalue weighted by Crippen LogP contribution is -2.29. The van der Waals surface area contributed by atoms with Gasteiger partial charge >= 0.3 is 5.97 Å². The van der Waals surface area contributed by atoms with Gasteiger partial charge in [0.05, 0.1) is 12.1 Å². The van der Waals surface area contributed by atoms with E-state index in [1.165, 1.54) is 0 Å². The van der Waals surface area contributed by atoms with E-state index >= 15 is 0 Å². The van der Waals surface area contributed by atoms with Crippen LogP contribution in [0.1, 0.15) is 5.56 Å². The number of amidine groups is 1. The van der Waals surface area contributed by atoms with Crippen LogP contribution < -0.4 is 9.50 Å². The van der Waals surface area contributed by atoms with Gasteiger partial charge in [0.1, 0.15) is 5.75 Å². The summed E-state index contributed by atoms with van der Waals surface area (Å²) in [5.41, 5.74) is 0.859. The Hall–Kier alpha value is -2.02. The zero-order valence-electron chi connectivity index (χ0n) is 9.25. The molecule has 0 saturated heterocycles. The summed E-state index contributed by atoms with van der Waals surface area (Å²) in [6.45, 7) is 1.30. The summed E-state index contributed by atoms with van der Waals surface area (Å²) in [6.07, 6.45) is 0. The molecule has 6 nitrogen and oxygen atoms in total. The summed E-state index contributed by atoms with van der Waals surface area (Å²) in [5, 5.41) is 2.86. The summed E-state index contributed by atoms with van der Waals surface area (Å²) < 4.78 is 14.3. The molecule has 0 amide bonds. The summed E-state index contributed by atoms with van der Waals surface area (Å²) in [5.74, 6) is 0.0668. The molecule has 7 heteroatoms. The number of hydrogen-bond acceptors (Lipinski definition) is 7. The summed E-state index contributed by atoms with van der Waals surface area (Å²) in [6, 6.07) is 7.42. The number of fused-ring (bicyclic) bond motifs is 1. The van der Waals surface area contributed by atoms with Gasteiger partial charge in [0.2, 0.25) is 12.2 Å². The van der Waals surface area contributed by atoms with Crippen molar-refractivity contribution in [1.82, 2.24) is 5.32 Å². The second-order valence-corrected chi connectivity index (χ2v) is 4.10. The number of carbonyl (C=O) groups is 1. The van der Waals surface area contributed by atoms with Crippen LogP contribution in [0, 0.1) is 0 Å². The van der Waals surface area contributed by atoms with Crippen LogP contribution in [-0.4, -0.2) is 30.8 Å². The van der Waals surface area contributed by atoms with Gasteiger partial charge in [-0.25, -0.2) is 9.79 Å². The van der Waals surface area contributed by atoms with Gasteiger partial charge in [0, 0.05) is 6.54 Å². The first-order chi connectivity index (χ1) is 8.84. The number of hydrogen-bond donors (Lipinski definition) is 1. The van der Waals surface area contributed by atoms with Crippen molar-refractivity contribution in [3.63, 3.8) is 0 Å². The first-order valence-electron chi connectivity index (χ1n) is 5.36. The number of benzene rings is 1. The molecule has 3 rings (SSSR count). The van der Waals surface area contributed by atoms with E-state index in [1.54, 1.807) is 12.1 Å². The molecule has 0 saturated carbocycles. The van der Waals surface area contributed by atoms with E-state index in [0.29, 0.717) is 24.4 Å². The minimum atomic E-state index is -0.536. The number of para-hydroxylation sites is 1. The van der Waals surface area contributed by atoms with Gasteiger partial charge in [0.15, 0.2) is 5.71 Å². The number of ether oxygens (including phenoxy) is 1. The second kappa shape index (κ2) is 4.69. The SMILES string of the molecule is O=C(OC1=NCCN1)C1=NSOc2ccccc21. The van der Waals surface area contributed by atoms with Crippen LogP contribution in [-0.2, 0) is 9.53 Å². The Morgan fingerprint density at radius 1 is 1.44 bits per heavy atom. The Balaban J connectivity index is 1.83. The van der Waals surface area contributed by atoms with E-state index < -0.39 is 5.97 Å². The topological polar surface area (TPSA) is 72.3 Å². The van der Waals surface area contributed by atoms with E-state index in [-0.39, 0.29) is 11.7 Å². The van der Waals surface area contributed by atoms with Crippen molar-refractivity contribution in [2.45, 2.75) is 0 Å². The molecule has 0 unspecified atom stereocenters. The predicted octanol–water partition coefficient (Wildman–Crippen LogP) is 0.934. The Bertz CT molecular complexity index is 556. The highest BCUT2D eigenvalue weighted by Gasteiger charge is 2.25. The van der Waals surface area contributed by atoms with Crippen molar-refractivity contribution < 1.29 is 13.7 Å². The van der Waals surface area contributed by atoms with E-state index in [0.717, 1.165) is 12.2 Å². The molecule has 2 aliphatic heterocycles. The first kappa shape index (κ1) is 11.1. The smallest absolute Gasteiger partial charge is 0.366 e. The monoisotopic (exact) mass is 263 g/mol. The average Bonchev–Trinajstić information content (AvgIpc) is 2.91. The Labute approximate surface area is 107 Å². The molecule has 1 aromatic rings. The number of nitrogens with zero attached hydrogens (tertiary/aromatic N) is 2. The maximum Gasteiger partial charge on any atom is 0.366 e. The van der Waals surface area contributed by atoms with Crippen molar-refractivity contribution >= 4 is 29.9 Å². The van der Waals surface area contributed by atoms with Gasteiger partial charge in [-0.05, 0) is 12.1 Å². The molecule has 1 aromatic carbocycles. The maximum atomic E-state index is 12.0. The quantitative estimate of drug-likeness (QED) is 0.463. The molecule has 0 radical (unpaired) electrons. The Kier molecular flexibility index (Phi) is 2.89. The van der Waals surface area contributed by atoms with E-state index in [4.69, 9.17) is 8.92 Å². The lowest BCUT2D eigenvalue weighted by atomic mass is 10.1. The fourth-order valence-electron chi connectivity index (χ4n) is 1.61. The average molecular weight is 263 g/mol. The fourth-order valence-corrected chi connectivity index (χ4v) is 2.12. The highest BCUT2D eigenvalue weighted by molar-refractivity contribution is 7.94. The van der Waals surface area contributed by atoms with Crippen LogP contribution in [0.2, 0.25) is 0 Å². The molecule has 0 atom stereocenters. The summed E-state index contributed by atoms with van der Waals surface area (Å²) in [4.78, 5) is 16.0. The third-order valence-electron chi connectivity index (χ3n) is 2.42. The number of carbonyl (C=O) groups excluding carboxylic acids is 1. The van der Waals surface area contributed by atoms with Crippen molar-refractivity contribution in [2.75, 3.05) is 13.1 Å². The lowest BCUT2D eigenvalue weighted by Gasteiger charge is -2.14. The molecule has 0 aromatic heterocycles. The molecule has 1 N–H and O–H groups in total. The Morgan fingerprint density at radius 3 is 3.17 bits per heavy atom. The molecule has 2 aliphatic rings. The van der Waals surface area contributed by atoms with Crippen molar-refractivity contribution in [2.24, 2.45) is 9.39 Å². The molecular formula is C11H9N3O3S. The van der Waals surface area contributed by atoms with Crippen molar-refractivity contribution in [3.05, 3.63) is 29.8 Å². The second-order valence-electron chi connectivity index (χ2n) is 3.60. The number of nitrogens with one attached hydrogen (secondary N) is 1. The van der Waals surface area contributed by atoms with Gasteiger partial charge in [0.25, 0.3) is 6.02 Å². The van der Waals surface area contributed by atoms with Crippen molar-refractivity contribution in [3.8, 4) is 5.75 Å². The van der Waals surface area contributed by atoms with Gasteiger partial charge in [-0.2, -0.15) is 4.40 Å². The molecule has 18 heavy (non-hydrogen) atoms. The highest BCUT2D eigenvalue weighted by atomic mass is 32.2. The van der Waals surface area contributed by atoms with Crippen LogP contribution in [0.3, 0.4) is 0 Å². The minimum Gasteiger partial charge on any atom is -0.403 e. The maximum absolute atomic E-state index is 12.0. The third-order valence-corrected chi connectivity index (χ3v) is 2.94. The predicted molar refractivity (Wildman–Crippen MR) is 67.6 cm³/mol. The molecule has 0 fully saturated rings. The number of esters is 1. The molecule has 2 heterocycles. The molecule has 0 aliphatic carbocycles. The van der Waals surface area contributed by atoms with Gasteiger partial charge in [-0.3, -0.25) is 0 Å². The third kappa shape index (κ3) is 2.04. The normalized spacial score (nSPS) is 16.9. The van der Waals surface area contributed by atoms with Crippen LogP contribution >= 0.6 is 12.2 Å². The highest BCUT2D eigenvalue weighted by Crippen LogP contribution is 2.29.